The van der Waals surface area contributed by atoms with Gasteiger partial charge in [0.25, 0.3) is 0 Å². The molecule has 0 radical (unpaired) electrons. The zero-order valence-electron chi connectivity index (χ0n) is 15.4. The Balaban J connectivity index is 2.47. The van der Waals surface area contributed by atoms with Crippen molar-refractivity contribution in [2.24, 2.45) is 0 Å². The average molecular weight is 387 g/mol. The van der Waals surface area contributed by atoms with Gasteiger partial charge < -0.3 is 14.4 Å². The normalized spacial score (nSPS) is 11.7. The highest BCUT2D eigenvalue weighted by Crippen LogP contribution is 2.39. The van der Waals surface area contributed by atoms with E-state index in [1.54, 1.807) is 38.1 Å². The number of phenols is 1. The summed E-state index contributed by atoms with van der Waals surface area (Å²) in [4.78, 5) is 12.4. The van der Waals surface area contributed by atoms with Crippen molar-refractivity contribution in [3.05, 3.63) is 53.7 Å². The molecule has 1 aromatic heterocycles. The van der Waals surface area contributed by atoms with Crippen LogP contribution >= 0.6 is 0 Å². The molecule has 7 heteroatoms. The number of aryl methyl sites for hydroxylation is 1. The first kappa shape index (κ1) is 19.0. The Labute approximate surface area is 157 Å². The zero-order chi connectivity index (χ0) is 19.8. The molecule has 0 atom stereocenters. The molecular formula is C20H21NO5S. The van der Waals surface area contributed by atoms with Gasteiger partial charge in [-0.15, -0.1) is 0 Å². The van der Waals surface area contributed by atoms with Gasteiger partial charge in [0, 0.05) is 17.6 Å². The first-order valence-electron chi connectivity index (χ1n) is 8.66. The Kier molecular flexibility index (Phi) is 4.97. The van der Waals surface area contributed by atoms with E-state index in [9.17, 15) is 18.3 Å². The highest BCUT2D eigenvalue weighted by atomic mass is 32.2. The topological polar surface area (TPSA) is 85.6 Å². The Bertz CT molecular complexity index is 1110. The fourth-order valence-electron chi connectivity index (χ4n) is 3.37. The summed E-state index contributed by atoms with van der Waals surface area (Å²) in [7, 11) is -4.05. The van der Waals surface area contributed by atoms with Crippen LogP contribution in [-0.4, -0.2) is 30.7 Å². The molecule has 27 heavy (non-hydrogen) atoms. The number of phenolic OH excluding ortho intramolecular Hbond substituents is 1. The molecule has 0 aliphatic heterocycles. The Morgan fingerprint density at radius 3 is 2.37 bits per heavy atom. The molecule has 0 fully saturated rings. The van der Waals surface area contributed by atoms with Crippen LogP contribution in [0.2, 0.25) is 0 Å². The molecule has 0 aliphatic rings. The predicted molar refractivity (Wildman–Crippen MR) is 102 cm³/mol. The minimum absolute atomic E-state index is 0.0458. The highest BCUT2D eigenvalue weighted by Gasteiger charge is 2.31. The van der Waals surface area contributed by atoms with Crippen LogP contribution in [0.5, 0.6) is 5.75 Å². The van der Waals surface area contributed by atoms with Gasteiger partial charge >= 0.3 is 5.97 Å². The fraction of sp³-hybridized carbons (Fsp3) is 0.250. The number of rotatable bonds is 5. The van der Waals surface area contributed by atoms with E-state index in [2.05, 4.69) is 0 Å². The van der Waals surface area contributed by atoms with Gasteiger partial charge in [-0.25, -0.2) is 13.2 Å². The van der Waals surface area contributed by atoms with Gasteiger partial charge in [0.1, 0.15) is 10.6 Å². The predicted octanol–water partition coefficient (Wildman–Crippen LogP) is 3.68. The summed E-state index contributed by atoms with van der Waals surface area (Å²) in [6.45, 7) is 6.03. The number of fused-ring (bicyclic) bond motifs is 1. The number of carbonyl (C=O) groups is 1. The molecule has 0 unspecified atom stereocenters. The van der Waals surface area contributed by atoms with Gasteiger partial charge in [-0.1, -0.05) is 18.2 Å². The molecule has 3 rings (SSSR count). The molecule has 6 nitrogen and oxygen atoms in total. The second-order valence-electron chi connectivity index (χ2n) is 6.05. The number of aromatic hydroxyl groups is 1. The number of sulfone groups is 1. The van der Waals surface area contributed by atoms with E-state index in [1.807, 2.05) is 11.5 Å². The number of esters is 1. The number of ether oxygens (including phenoxy) is 1. The molecule has 1 N–H and O–H groups in total. The maximum atomic E-state index is 13.3. The lowest BCUT2D eigenvalue weighted by Crippen LogP contribution is -2.09. The third-order valence-electron chi connectivity index (χ3n) is 4.54. The van der Waals surface area contributed by atoms with Crippen molar-refractivity contribution in [3.63, 3.8) is 0 Å². The Morgan fingerprint density at radius 2 is 1.78 bits per heavy atom. The van der Waals surface area contributed by atoms with Gasteiger partial charge in [-0.3, -0.25) is 0 Å². The van der Waals surface area contributed by atoms with Gasteiger partial charge in [-0.05, 0) is 45.0 Å². The van der Waals surface area contributed by atoms with E-state index in [0.29, 0.717) is 17.8 Å². The van der Waals surface area contributed by atoms with Gasteiger partial charge in [-0.2, -0.15) is 0 Å². The molecule has 1 heterocycles. The third kappa shape index (κ3) is 2.98. The molecule has 142 valence electrons. The minimum Gasteiger partial charge on any atom is -0.507 e. The highest BCUT2D eigenvalue weighted by molar-refractivity contribution is 7.91. The largest absolute Gasteiger partial charge is 0.507 e. The first-order valence-corrected chi connectivity index (χ1v) is 10.1. The van der Waals surface area contributed by atoms with Gasteiger partial charge in [0.2, 0.25) is 9.84 Å². The van der Waals surface area contributed by atoms with E-state index in [-0.39, 0.29) is 27.3 Å². The summed E-state index contributed by atoms with van der Waals surface area (Å²) in [5, 5.41) is 10.7. The number of aromatic nitrogens is 1. The van der Waals surface area contributed by atoms with Crippen LogP contribution < -0.4 is 0 Å². The molecule has 0 saturated carbocycles. The first-order chi connectivity index (χ1) is 12.8. The van der Waals surface area contributed by atoms with Crippen molar-refractivity contribution in [2.45, 2.75) is 37.1 Å². The third-order valence-corrected chi connectivity index (χ3v) is 6.38. The molecule has 0 aliphatic carbocycles. The van der Waals surface area contributed by atoms with Crippen LogP contribution in [0.4, 0.5) is 0 Å². The Hall–Kier alpha value is -2.80. The summed E-state index contributed by atoms with van der Waals surface area (Å²) in [6.07, 6.45) is 0. The zero-order valence-corrected chi connectivity index (χ0v) is 16.2. The summed E-state index contributed by atoms with van der Waals surface area (Å²) in [5.41, 5.74) is 1.32. The van der Waals surface area contributed by atoms with Crippen LogP contribution in [0, 0.1) is 6.92 Å². The second kappa shape index (κ2) is 7.08. The van der Waals surface area contributed by atoms with E-state index in [1.165, 1.54) is 18.2 Å². The van der Waals surface area contributed by atoms with Crippen molar-refractivity contribution in [1.82, 2.24) is 4.57 Å². The molecule has 0 spiro atoms. The summed E-state index contributed by atoms with van der Waals surface area (Å²) >= 11 is 0. The van der Waals surface area contributed by atoms with E-state index < -0.39 is 21.6 Å². The number of nitrogens with zero attached hydrogens (tertiary/aromatic N) is 1. The molecular weight excluding hydrogens is 366 g/mol. The molecule has 0 saturated heterocycles. The maximum absolute atomic E-state index is 13.3. The smallest absolute Gasteiger partial charge is 0.340 e. The maximum Gasteiger partial charge on any atom is 0.340 e. The van der Waals surface area contributed by atoms with Crippen LogP contribution in [0.1, 0.15) is 29.9 Å². The van der Waals surface area contributed by atoms with E-state index >= 15 is 0 Å². The van der Waals surface area contributed by atoms with Crippen molar-refractivity contribution < 1.29 is 23.1 Å². The summed E-state index contributed by atoms with van der Waals surface area (Å²) < 4.78 is 33.6. The number of hydrogen-bond donors (Lipinski definition) is 1. The average Bonchev–Trinajstić information content (AvgIpc) is 2.93. The summed E-state index contributed by atoms with van der Waals surface area (Å²) in [6, 6.07) is 10.8. The van der Waals surface area contributed by atoms with E-state index in [4.69, 9.17) is 4.74 Å². The lowest BCUT2D eigenvalue weighted by Gasteiger charge is -2.10. The van der Waals surface area contributed by atoms with Crippen molar-refractivity contribution in [2.75, 3.05) is 6.61 Å². The van der Waals surface area contributed by atoms with Crippen molar-refractivity contribution >= 4 is 26.7 Å². The molecule has 2 aromatic carbocycles. The molecule has 3 aromatic rings. The Morgan fingerprint density at radius 1 is 1.11 bits per heavy atom. The number of hydrogen-bond acceptors (Lipinski definition) is 5. The second-order valence-corrected chi connectivity index (χ2v) is 7.94. The standard InChI is InChI=1S/C20H21NO5S/c1-4-21-13(3)17(20(23)26-5-2)18-15(21)11-12-16(22)19(18)27(24,25)14-9-7-6-8-10-14/h6-12,22H,4-5H2,1-3H3. The number of benzene rings is 2. The minimum atomic E-state index is -4.05. The lowest BCUT2D eigenvalue weighted by molar-refractivity contribution is 0.0527. The van der Waals surface area contributed by atoms with Crippen LogP contribution in [0.25, 0.3) is 10.9 Å². The van der Waals surface area contributed by atoms with Gasteiger partial charge in [0.15, 0.2) is 0 Å². The molecule has 0 amide bonds. The monoisotopic (exact) mass is 387 g/mol. The van der Waals surface area contributed by atoms with Crippen LogP contribution in [-0.2, 0) is 21.1 Å². The van der Waals surface area contributed by atoms with Crippen molar-refractivity contribution in [1.29, 1.82) is 0 Å². The fourth-order valence-corrected chi connectivity index (χ4v) is 4.94. The van der Waals surface area contributed by atoms with Crippen LogP contribution in [0.15, 0.2) is 52.3 Å². The lowest BCUT2D eigenvalue weighted by atomic mass is 10.1. The quantitative estimate of drug-likeness (QED) is 0.675. The SMILES string of the molecule is CCOC(=O)c1c(C)n(CC)c2ccc(O)c(S(=O)(=O)c3ccccc3)c12. The number of carbonyl (C=O) groups excluding carboxylic acids is 1. The van der Waals surface area contributed by atoms with E-state index in [0.717, 1.165) is 0 Å². The molecule has 0 bridgehead atoms. The van der Waals surface area contributed by atoms with Crippen LogP contribution in [0.3, 0.4) is 0 Å². The van der Waals surface area contributed by atoms with Gasteiger partial charge in [0.05, 0.1) is 22.6 Å². The van der Waals surface area contributed by atoms with Crippen molar-refractivity contribution in [3.8, 4) is 5.75 Å². The summed E-state index contributed by atoms with van der Waals surface area (Å²) in [5.74, 6) is -1.01.